The molecule has 14 heavy (non-hydrogen) atoms. The van der Waals surface area contributed by atoms with Crippen LogP contribution in [-0.4, -0.2) is 11.6 Å². The standard InChI is InChI=1S/C10H15N3O/c11-13-10-3-1-2-9(12-10)7-14-6-8-4-5-8/h1-3,8H,4-7,11H2,(H,12,13). The van der Waals surface area contributed by atoms with Crippen molar-refractivity contribution in [2.24, 2.45) is 11.8 Å². The molecule has 0 saturated heterocycles. The van der Waals surface area contributed by atoms with Gasteiger partial charge in [-0.25, -0.2) is 10.8 Å². The monoisotopic (exact) mass is 193 g/mol. The first-order valence-electron chi connectivity index (χ1n) is 4.89. The van der Waals surface area contributed by atoms with Crippen LogP contribution < -0.4 is 11.3 Å². The highest BCUT2D eigenvalue weighted by Gasteiger charge is 2.21. The van der Waals surface area contributed by atoms with Gasteiger partial charge in [0, 0.05) is 6.61 Å². The maximum atomic E-state index is 5.51. The summed E-state index contributed by atoms with van der Waals surface area (Å²) in [6, 6.07) is 5.68. The Balaban J connectivity index is 1.81. The number of nitrogens with two attached hydrogens (primary N) is 1. The molecule has 0 aromatic carbocycles. The molecule has 0 atom stereocenters. The van der Waals surface area contributed by atoms with Crippen LogP contribution in [0.4, 0.5) is 5.82 Å². The number of ether oxygens (including phenoxy) is 1. The van der Waals surface area contributed by atoms with Crippen molar-refractivity contribution in [3.8, 4) is 0 Å². The molecule has 1 aromatic rings. The van der Waals surface area contributed by atoms with E-state index in [1.165, 1.54) is 12.8 Å². The second-order valence-electron chi connectivity index (χ2n) is 3.62. The van der Waals surface area contributed by atoms with E-state index in [-0.39, 0.29) is 0 Å². The number of hydrogen-bond donors (Lipinski definition) is 2. The van der Waals surface area contributed by atoms with Gasteiger partial charge < -0.3 is 10.2 Å². The van der Waals surface area contributed by atoms with Crippen LogP contribution in [0.15, 0.2) is 18.2 Å². The van der Waals surface area contributed by atoms with E-state index in [9.17, 15) is 0 Å². The zero-order chi connectivity index (χ0) is 9.80. The van der Waals surface area contributed by atoms with Gasteiger partial charge >= 0.3 is 0 Å². The van der Waals surface area contributed by atoms with Crippen LogP contribution in [0.25, 0.3) is 0 Å². The predicted octanol–water partition coefficient (Wildman–Crippen LogP) is 1.29. The molecule has 3 N–H and O–H groups in total. The summed E-state index contributed by atoms with van der Waals surface area (Å²) in [5.74, 6) is 6.73. The summed E-state index contributed by atoms with van der Waals surface area (Å²) < 4.78 is 5.51. The van der Waals surface area contributed by atoms with E-state index in [2.05, 4.69) is 10.4 Å². The molecular formula is C10H15N3O. The van der Waals surface area contributed by atoms with E-state index >= 15 is 0 Å². The van der Waals surface area contributed by atoms with Crippen molar-refractivity contribution in [1.29, 1.82) is 0 Å². The second-order valence-corrected chi connectivity index (χ2v) is 3.62. The Morgan fingerprint density at radius 3 is 3.07 bits per heavy atom. The van der Waals surface area contributed by atoms with E-state index in [0.717, 1.165) is 18.2 Å². The van der Waals surface area contributed by atoms with Crippen LogP contribution in [0, 0.1) is 5.92 Å². The molecule has 1 aliphatic rings. The van der Waals surface area contributed by atoms with Crippen molar-refractivity contribution in [3.05, 3.63) is 23.9 Å². The molecule has 1 heterocycles. The highest BCUT2D eigenvalue weighted by molar-refractivity contribution is 5.33. The first-order valence-corrected chi connectivity index (χ1v) is 4.89. The van der Waals surface area contributed by atoms with E-state index in [1.807, 2.05) is 18.2 Å². The van der Waals surface area contributed by atoms with Crippen LogP contribution in [0.1, 0.15) is 18.5 Å². The Kier molecular flexibility index (Phi) is 2.96. The summed E-state index contributed by atoms with van der Waals surface area (Å²) in [5.41, 5.74) is 3.43. The number of nitrogens with zero attached hydrogens (tertiary/aromatic N) is 1. The van der Waals surface area contributed by atoms with Crippen molar-refractivity contribution >= 4 is 5.82 Å². The van der Waals surface area contributed by atoms with Gasteiger partial charge in [0.2, 0.25) is 0 Å². The van der Waals surface area contributed by atoms with Crippen molar-refractivity contribution in [1.82, 2.24) is 4.98 Å². The predicted molar refractivity (Wildman–Crippen MR) is 54.4 cm³/mol. The van der Waals surface area contributed by atoms with Gasteiger partial charge in [-0.3, -0.25) is 0 Å². The molecule has 0 aliphatic heterocycles. The maximum Gasteiger partial charge on any atom is 0.140 e. The number of hydrazine groups is 1. The van der Waals surface area contributed by atoms with Crippen LogP contribution in [-0.2, 0) is 11.3 Å². The van der Waals surface area contributed by atoms with Gasteiger partial charge in [0.1, 0.15) is 5.82 Å². The van der Waals surface area contributed by atoms with Gasteiger partial charge in [0.15, 0.2) is 0 Å². The highest BCUT2D eigenvalue weighted by atomic mass is 16.5. The molecule has 0 amide bonds. The third kappa shape index (κ3) is 2.68. The maximum absolute atomic E-state index is 5.51. The van der Waals surface area contributed by atoms with Crippen LogP contribution >= 0.6 is 0 Å². The van der Waals surface area contributed by atoms with E-state index < -0.39 is 0 Å². The van der Waals surface area contributed by atoms with Crippen molar-refractivity contribution < 1.29 is 4.74 Å². The SMILES string of the molecule is NNc1cccc(COCC2CC2)n1. The Labute approximate surface area is 83.4 Å². The van der Waals surface area contributed by atoms with Gasteiger partial charge in [-0.05, 0) is 30.9 Å². The molecule has 4 heteroatoms. The van der Waals surface area contributed by atoms with Crippen molar-refractivity contribution in [2.45, 2.75) is 19.4 Å². The lowest BCUT2D eigenvalue weighted by atomic mass is 10.3. The smallest absolute Gasteiger partial charge is 0.140 e. The van der Waals surface area contributed by atoms with E-state index in [4.69, 9.17) is 10.6 Å². The number of nitrogens with one attached hydrogen (secondary N) is 1. The number of aromatic nitrogens is 1. The lowest BCUT2D eigenvalue weighted by Gasteiger charge is -2.04. The zero-order valence-corrected chi connectivity index (χ0v) is 8.07. The Morgan fingerprint density at radius 2 is 2.36 bits per heavy atom. The summed E-state index contributed by atoms with van der Waals surface area (Å²) >= 11 is 0. The molecule has 1 aromatic heterocycles. The third-order valence-electron chi connectivity index (χ3n) is 2.26. The fraction of sp³-hybridized carbons (Fsp3) is 0.500. The summed E-state index contributed by atoms with van der Waals surface area (Å²) in [4.78, 5) is 4.25. The zero-order valence-electron chi connectivity index (χ0n) is 8.07. The number of pyridine rings is 1. The van der Waals surface area contributed by atoms with E-state index in [0.29, 0.717) is 12.4 Å². The summed E-state index contributed by atoms with van der Waals surface area (Å²) in [5, 5.41) is 0. The molecule has 0 bridgehead atoms. The van der Waals surface area contributed by atoms with Crippen molar-refractivity contribution in [2.75, 3.05) is 12.0 Å². The van der Waals surface area contributed by atoms with Crippen LogP contribution in [0.5, 0.6) is 0 Å². The van der Waals surface area contributed by atoms with Crippen LogP contribution in [0.2, 0.25) is 0 Å². The molecule has 0 spiro atoms. The molecule has 0 unspecified atom stereocenters. The lowest BCUT2D eigenvalue weighted by Crippen LogP contribution is -2.09. The quantitative estimate of drug-likeness (QED) is 0.546. The topological polar surface area (TPSA) is 60.2 Å². The minimum Gasteiger partial charge on any atom is -0.375 e. The van der Waals surface area contributed by atoms with Gasteiger partial charge in [0.05, 0.1) is 12.3 Å². The molecule has 0 radical (unpaired) electrons. The largest absolute Gasteiger partial charge is 0.375 e. The summed E-state index contributed by atoms with van der Waals surface area (Å²) in [6.45, 7) is 1.44. The minimum absolute atomic E-state index is 0.575. The first-order chi connectivity index (χ1) is 6.88. The Hall–Kier alpha value is -1.13. The minimum atomic E-state index is 0.575. The summed E-state index contributed by atoms with van der Waals surface area (Å²) in [6.07, 6.45) is 2.63. The molecule has 1 saturated carbocycles. The lowest BCUT2D eigenvalue weighted by molar-refractivity contribution is 0.109. The van der Waals surface area contributed by atoms with Crippen molar-refractivity contribution in [3.63, 3.8) is 0 Å². The molecule has 2 rings (SSSR count). The fourth-order valence-electron chi connectivity index (χ4n) is 1.26. The first kappa shape index (κ1) is 9.43. The van der Waals surface area contributed by atoms with Gasteiger partial charge in [-0.2, -0.15) is 0 Å². The van der Waals surface area contributed by atoms with Crippen LogP contribution in [0.3, 0.4) is 0 Å². The van der Waals surface area contributed by atoms with Gasteiger partial charge in [-0.1, -0.05) is 6.07 Å². The second kappa shape index (κ2) is 4.39. The molecule has 1 aliphatic carbocycles. The normalized spacial score (nSPS) is 15.5. The Morgan fingerprint density at radius 1 is 1.50 bits per heavy atom. The molecule has 76 valence electrons. The highest BCUT2D eigenvalue weighted by Crippen LogP contribution is 2.28. The van der Waals surface area contributed by atoms with E-state index in [1.54, 1.807) is 0 Å². The molecule has 1 fully saturated rings. The average molecular weight is 193 g/mol. The summed E-state index contributed by atoms with van der Waals surface area (Å²) in [7, 11) is 0. The Bertz CT molecular complexity index is 299. The molecular weight excluding hydrogens is 178 g/mol. The number of rotatable bonds is 5. The van der Waals surface area contributed by atoms with Gasteiger partial charge in [0.25, 0.3) is 0 Å². The third-order valence-corrected chi connectivity index (χ3v) is 2.26. The van der Waals surface area contributed by atoms with Gasteiger partial charge in [-0.15, -0.1) is 0 Å². The fourth-order valence-corrected chi connectivity index (χ4v) is 1.26. The number of hydrogen-bond acceptors (Lipinski definition) is 4. The number of anilines is 1. The number of nitrogen functional groups attached to an aromatic ring is 1. The average Bonchev–Trinajstić information content (AvgIpc) is 3.02. The molecule has 4 nitrogen and oxygen atoms in total.